The Bertz CT molecular complexity index is 193. The number of nitrogens with one attached hydrogen (secondary N) is 1. The van der Waals surface area contributed by atoms with Crippen LogP contribution >= 0.6 is 11.8 Å². The lowest BCUT2D eigenvalue weighted by molar-refractivity contribution is -0.117. The Hall–Kier alpha value is -0.440. The van der Waals surface area contributed by atoms with Crippen molar-refractivity contribution in [2.24, 2.45) is 0 Å². The minimum Gasteiger partial charge on any atom is -0.350 e. The summed E-state index contributed by atoms with van der Waals surface area (Å²) in [6.07, 6.45) is 8.25. The summed E-state index contributed by atoms with van der Waals surface area (Å²) in [5.74, 6) is -0.0354. The topological polar surface area (TPSA) is 29.1 Å². The molecule has 2 unspecified atom stereocenters. The number of carbonyl (C=O) groups excluding carboxylic acids is 1. The van der Waals surface area contributed by atoms with Gasteiger partial charge in [0.2, 0.25) is 5.91 Å². The highest BCUT2D eigenvalue weighted by Gasteiger charge is 2.21. The maximum absolute atomic E-state index is 11.0. The largest absolute Gasteiger partial charge is 0.350 e. The fraction of sp³-hybridized carbons (Fsp3) is 0.700. The average molecular weight is 199 g/mol. The van der Waals surface area contributed by atoms with Crippen LogP contribution in [0.2, 0.25) is 0 Å². The van der Waals surface area contributed by atoms with Gasteiger partial charge in [0.05, 0.1) is 0 Å². The predicted molar refractivity (Wildman–Crippen MR) is 57.9 cm³/mol. The van der Waals surface area contributed by atoms with E-state index in [0.717, 1.165) is 18.1 Å². The van der Waals surface area contributed by atoms with E-state index in [2.05, 4.69) is 18.2 Å². The molecule has 1 aliphatic rings. The van der Waals surface area contributed by atoms with Gasteiger partial charge in [-0.15, -0.1) is 0 Å². The van der Waals surface area contributed by atoms with Crippen molar-refractivity contribution in [3.63, 3.8) is 0 Å². The fourth-order valence-electron chi connectivity index (χ4n) is 1.75. The quantitative estimate of drug-likeness (QED) is 0.704. The molecule has 0 bridgehead atoms. The molecule has 74 valence electrons. The SMILES string of the molecule is C=CC(=O)NC1CCCC(SC)C1. The van der Waals surface area contributed by atoms with Crippen molar-refractivity contribution >= 4 is 17.7 Å². The molecular weight excluding hydrogens is 182 g/mol. The zero-order chi connectivity index (χ0) is 9.68. The third-order valence-electron chi connectivity index (χ3n) is 2.49. The number of hydrogen-bond donors (Lipinski definition) is 1. The molecule has 0 aliphatic heterocycles. The summed E-state index contributed by atoms with van der Waals surface area (Å²) >= 11 is 1.91. The first-order valence-corrected chi connectivity index (χ1v) is 6.00. The van der Waals surface area contributed by atoms with Gasteiger partial charge in [0.1, 0.15) is 0 Å². The molecule has 1 N–H and O–H groups in total. The lowest BCUT2D eigenvalue weighted by Crippen LogP contribution is -2.38. The van der Waals surface area contributed by atoms with Gasteiger partial charge in [0.25, 0.3) is 0 Å². The van der Waals surface area contributed by atoms with Gasteiger partial charge in [-0.25, -0.2) is 0 Å². The normalized spacial score (nSPS) is 28.1. The molecule has 2 atom stereocenters. The van der Waals surface area contributed by atoms with Gasteiger partial charge in [-0.05, 0) is 31.6 Å². The number of carbonyl (C=O) groups is 1. The molecule has 0 aromatic heterocycles. The molecule has 1 fully saturated rings. The fourth-order valence-corrected chi connectivity index (χ4v) is 2.58. The summed E-state index contributed by atoms with van der Waals surface area (Å²) in [6, 6.07) is 0.372. The van der Waals surface area contributed by atoms with Gasteiger partial charge in [0.15, 0.2) is 0 Å². The molecule has 0 saturated heterocycles. The van der Waals surface area contributed by atoms with Crippen LogP contribution in [-0.4, -0.2) is 23.5 Å². The lowest BCUT2D eigenvalue weighted by Gasteiger charge is -2.28. The van der Waals surface area contributed by atoms with Crippen molar-refractivity contribution in [1.82, 2.24) is 5.32 Å². The molecule has 1 amide bonds. The van der Waals surface area contributed by atoms with Crippen LogP contribution in [0.1, 0.15) is 25.7 Å². The van der Waals surface area contributed by atoms with Crippen molar-refractivity contribution in [2.75, 3.05) is 6.26 Å². The van der Waals surface area contributed by atoms with Crippen molar-refractivity contribution in [1.29, 1.82) is 0 Å². The molecule has 0 aromatic carbocycles. The minimum atomic E-state index is -0.0354. The van der Waals surface area contributed by atoms with Crippen molar-refractivity contribution in [3.8, 4) is 0 Å². The Morgan fingerprint density at radius 3 is 3.00 bits per heavy atom. The first-order chi connectivity index (χ1) is 6.26. The van der Waals surface area contributed by atoms with Gasteiger partial charge in [-0.3, -0.25) is 4.79 Å². The highest BCUT2D eigenvalue weighted by atomic mass is 32.2. The average Bonchev–Trinajstić information content (AvgIpc) is 2.18. The zero-order valence-corrected chi connectivity index (χ0v) is 8.90. The maximum Gasteiger partial charge on any atom is 0.243 e. The van der Waals surface area contributed by atoms with E-state index in [4.69, 9.17) is 0 Å². The van der Waals surface area contributed by atoms with Crippen molar-refractivity contribution < 1.29 is 4.79 Å². The molecular formula is C10H17NOS. The van der Waals surface area contributed by atoms with E-state index >= 15 is 0 Å². The molecule has 13 heavy (non-hydrogen) atoms. The van der Waals surface area contributed by atoms with Crippen LogP contribution in [0.25, 0.3) is 0 Å². The van der Waals surface area contributed by atoms with E-state index in [9.17, 15) is 4.79 Å². The number of rotatable bonds is 3. The molecule has 0 heterocycles. The molecule has 3 heteroatoms. The third kappa shape index (κ3) is 3.43. The van der Waals surface area contributed by atoms with Gasteiger partial charge >= 0.3 is 0 Å². The Kier molecular flexibility index (Phi) is 4.36. The van der Waals surface area contributed by atoms with Crippen LogP contribution in [0.5, 0.6) is 0 Å². The first-order valence-electron chi connectivity index (χ1n) is 4.72. The summed E-state index contributed by atoms with van der Waals surface area (Å²) < 4.78 is 0. The zero-order valence-electron chi connectivity index (χ0n) is 8.08. The van der Waals surface area contributed by atoms with Crippen molar-refractivity contribution in [3.05, 3.63) is 12.7 Å². The summed E-state index contributed by atoms with van der Waals surface area (Å²) in [4.78, 5) is 11.0. The van der Waals surface area contributed by atoms with Crippen LogP contribution in [-0.2, 0) is 4.79 Å². The molecule has 0 aromatic rings. The number of thioether (sulfide) groups is 1. The standard InChI is InChI=1S/C10H17NOS/c1-3-10(12)11-8-5-4-6-9(7-8)13-2/h3,8-9H,1,4-7H2,2H3,(H,11,12). The summed E-state index contributed by atoms with van der Waals surface area (Å²) in [5, 5.41) is 3.69. The molecule has 1 aliphatic carbocycles. The minimum absolute atomic E-state index is 0.0354. The van der Waals surface area contributed by atoms with Crippen LogP contribution < -0.4 is 5.32 Å². The number of amides is 1. The van der Waals surface area contributed by atoms with Crippen LogP contribution in [0, 0.1) is 0 Å². The van der Waals surface area contributed by atoms with E-state index in [0.29, 0.717) is 6.04 Å². The van der Waals surface area contributed by atoms with E-state index in [-0.39, 0.29) is 5.91 Å². The lowest BCUT2D eigenvalue weighted by atomic mass is 9.95. The second-order valence-electron chi connectivity index (χ2n) is 3.43. The smallest absolute Gasteiger partial charge is 0.243 e. The highest BCUT2D eigenvalue weighted by molar-refractivity contribution is 7.99. The molecule has 2 nitrogen and oxygen atoms in total. The second kappa shape index (κ2) is 5.32. The molecule has 0 radical (unpaired) electrons. The second-order valence-corrected chi connectivity index (χ2v) is 4.57. The predicted octanol–water partition coefficient (Wildman–Crippen LogP) is 1.96. The van der Waals surface area contributed by atoms with Gasteiger partial charge in [-0.2, -0.15) is 11.8 Å². The Morgan fingerprint density at radius 2 is 2.38 bits per heavy atom. The van der Waals surface area contributed by atoms with E-state index in [1.165, 1.54) is 18.9 Å². The van der Waals surface area contributed by atoms with Crippen LogP contribution in [0.4, 0.5) is 0 Å². The Labute approximate surface area is 84.2 Å². The summed E-state index contributed by atoms with van der Waals surface area (Å²) in [6.45, 7) is 3.45. The number of hydrogen-bond acceptors (Lipinski definition) is 2. The maximum atomic E-state index is 11.0. The van der Waals surface area contributed by atoms with E-state index in [1.807, 2.05) is 11.8 Å². The van der Waals surface area contributed by atoms with Gasteiger partial charge in [0, 0.05) is 11.3 Å². The van der Waals surface area contributed by atoms with Crippen molar-refractivity contribution in [2.45, 2.75) is 37.0 Å². The summed E-state index contributed by atoms with van der Waals surface area (Å²) in [5.41, 5.74) is 0. The van der Waals surface area contributed by atoms with Gasteiger partial charge < -0.3 is 5.32 Å². The Morgan fingerprint density at radius 1 is 1.62 bits per heavy atom. The van der Waals surface area contributed by atoms with Crippen LogP contribution in [0.15, 0.2) is 12.7 Å². The summed E-state index contributed by atoms with van der Waals surface area (Å²) in [7, 11) is 0. The van der Waals surface area contributed by atoms with E-state index in [1.54, 1.807) is 0 Å². The molecule has 1 saturated carbocycles. The Balaban J connectivity index is 2.33. The van der Waals surface area contributed by atoms with E-state index < -0.39 is 0 Å². The third-order valence-corrected chi connectivity index (χ3v) is 3.59. The monoisotopic (exact) mass is 199 g/mol. The van der Waals surface area contributed by atoms with Gasteiger partial charge in [-0.1, -0.05) is 13.0 Å². The highest BCUT2D eigenvalue weighted by Crippen LogP contribution is 2.26. The molecule has 0 spiro atoms. The van der Waals surface area contributed by atoms with Crippen LogP contribution in [0.3, 0.4) is 0 Å². The first kappa shape index (κ1) is 10.6. The molecule has 1 rings (SSSR count).